The highest BCUT2D eigenvalue weighted by Crippen LogP contribution is 2.41. The number of halogens is 3. The molecule has 3 aromatic carbocycles. The van der Waals surface area contributed by atoms with Crippen molar-refractivity contribution in [3.63, 3.8) is 0 Å². The van der Waals surface area contributed by atoms with E-state index in [-0.39, 0.29) is 5.56 Å². The van der Waals surface area contributed by atoms with E-state index in [0.717, 1.165) is 41.1 Å². The number of benzene rings is 3. The van der Waals surface area contributed by atoms with Crippen molar-refractivity contribution >= 4 is 11.9 Å². The first-order chi connectivity index (χ1) is 19.4. The van der Waals surface area contributed by atoms with Crippen LogP contribution in [0.15, 0.2) is 84.4 Å². The van der Waals surface area contributed by atoms with Gasteiger partial charge in [0, 0.05) is 12.7 Å². The van der Waals surface area contributed by atoms with E-state index in [1.54, 1.807) is 19.5 Å². The quantitative estimate of drug-likeness (QED) is 0.220. The standard InChI is InChI=1S/C31H29F3N4O2/c1-4-14-38-28(13-11-21-10-12-26(27(15-21)39-3)37-18-20(2)35-19-37)36-40-31(22-8-6-5-7-9-22)30(38)23-16-24(32)29(34)25(33)17-23/h5-13,15-19,30-31H,4,14H2,1-3H3/t30-,31?/m0/s1. The van der Waals surface area contributed by atoms with Gasteiger partial charge < -0.3 is 19.0 Å². The fourth-order valence-corrected chi connectivity index (χ4v) is 4.87. The molecule has 1 aromatic heterocycles. The third-order valence-corrected chi connectivity index (χ3v) is 6.74. The second-order valence-electron chi connectivity index (χ2n) is 9.51. The zero-order valence-electron chi connectivity index (χ0n) is 22.4. The molecule has 0 bridgehead atoms. The topological polar surface area (TPSA) is 51.9 Å². The van der Waals surface area contributed by atoms with E-state index < -0.39 is 29.6 Å². The van der Waals surface area contributed by atoms with E-state index in [1.165, 1.54) is 0 Å². The maximum Gasteiger partial charge on any atom is 0.194 e. The predicted molar refractivity (Wildman–Crippen MR) is 148 cm³/mol. The Kier molecular flexibility index (Phi) is 7.91. The van der Waals surface area contributed by atoms with Crippen LogP contribution in [0.4, 0.5) is 13.2 Å². The van der Waals surface area contributed by atoms with E-state index >= 15 is 0 Å². The van der Waals surface area contributed by atoms with Crippen LogP contribution in [-0.2, 0) is 4.84 Å². The van der Waals surface area contributed by atoms with Crippen molar-refractivity contribution in [3.05, 3.63) is 119 Å². The number of oxime groups is 1. The average molecular weight is 547 g/mol. The Bertz CT molecular complexity index is 1530. The molecule has 0 saturated heterocycles. The normalized spacial score (nSPS) is 17.1. The van der Waals surface area contributed by atoms with Crippen LogP contribution in [0.2, 0.25) is 0 Å². The fourth-order valence-electron chi connectivity index (χ4n) is 4.87. The highest BCUT2D eigenvalue weighted by molar-refractivity contribution is 5.96. The number of aromatic nitrogens is 2. The minimum Gasteiger partial charge on any atom is -0.495 e. The maximum absolute atomic E-state index is 14.4. The summed E-state index contributed by atoms with van der Waals surface area (Å²) in [6, 6.07) is 16.5. The third kappa shape index (κ3) is 5.45. The molecule has 9 heteroatoms. The highest BCUT2D eigenvalue weighted by atomic mass is 19.2. The predicted octanol–water partition coefficient (Wildman–Crippen LogP) is 7.16. The van der Waals surface area contributed by atoms with Gasteiger partial charge in [-0.15, -0.1) is 0 Å². The molecule has 2 heterocycles. The maximum atomic E-state index is 14.4. The first-order valence-corrected chi connectivity index (χ1v) is 13.0. The lowest BCUT2D eigenvalue weighted by Gasteiger charge is -2.40. The number of hydrogen-bond donors (Lipinski definition) is 0. The number of hydrogen-bond acceptors (Lipinski definition) is 5. The molecule has 0 N–H and O–H groups in total. The number of aryl methyl sites for hydroxylation is 1. The minimum absolute atomic E-state index is 0.251. The van der Waals surface area contributed by atoms with Gasteiger partial charge in [-0.1, -0.05) is 54.6 Å². The molecule has 0 fully saturated rings. The second-order valence-corrected chi connectivity index (χ2v) is 9.51. The lowest BCUT2D eigenvalue weighted by molar-refractivity contribution is -0.0206. The largest absolute Gasteiger partial charge is 0.495 e. The monoisotopic (exact) mass is 546 g/mol. The van der Waals surface area contributed by atoms with E-state index in [4.69, 9.17) is 9.57 Å². The molecule has 4 aromatic rings. The molecule has 1 unspecified atom stereocenters. The van der Waals surface area contributed by atoms with Crippen LogP contribution < -0.4 is 4.74 Å². The summed E-state index contributed by atoms with van der Waals surface area (Å²) in [5.41, 5.74) is 3.61. The zero-order valence-corrected chi connectivity index (χ0v) is 22.4. The van der Waals surface area contributed by atoms with Crippen molar-refractivity contribution in [2.45, 2.75) is 32.4 Å². The van der Waals surface area contributed by atoms with Crippen LogP contribution >= 0.6 is 0 Å². The number of ether oxygens (including phenoxy) is 1. The average Bonchev–Trinajstić information content (AvgIpc) is 3.41. The van der Waals surface area contributed by atoms with Crippen LogP contribution in [0.5, 0.6) is 5.75 Å². The number of nitrogens with zero attached hydrogens (tertiary/aromatic N) is 4. The Hall–Kier alpha value is -4.53. The molecule has 0 saturated carbocycles. The van der Waals surface area contributed by atoms with Crippen LogP contribution in [0.25, 0.3) is 11.8 Å². The first-order valence-electron chi connectivity index (χ1n) is 13.0. The minimum atomic E-state index is -1.50. The van der Waals surface area contributed by atoms with Crippen molar-refractivity contribution < 1.29 is 22.7 Å². The summed E-state index contributed by atoms with van der Waals surface area (Å²) in [5.74, 6) is -2.88. The van der Waals surface area contributed by atoms with Crippen molar-refractivity contribution in [1.82, 2.24) is 14.5 Å². The first kappa shape index (κ1) is 27.1. The summed E-state index contributed by atoms with van der Waals surface area (Å²) in [4.78, 5) is 12.2. The lowest BCUT2D eigenvalue weighted by Crippen LogP contribution is -2.41. The van der Waals surface area contributed by atoms with Gasteiger partial charge in [-0.25, -0.2) is 18.2 Å². The Morgan fingerprint density at radius 3 is 2.38 bits per heavy atom. The molecule has 40 heavy (non-hydrogen) atoms. The second kappa shape index (κ2) is 11.7. The van der Waals surface area contributed by atoms with Gasteiger partial charge >= 0.3 is 0 Å². The molecular formula is C31H29F3N4O2. The summed E-state index contributed by atoms with van der Waals surface area (Å²) >= 11 is 0. The van der Waals surface area contributed by atoms with E-state index in [2.05, 4.69) is 10.1 Å². The molecule has 0 amide bonds. The summed E-state index contributed by atoms with van der Waals surface area (Å²) in [6.45, 7) is 4.43. The number of rotatable bonds is 8. The molecule has 0 radical (unpaired) electrons. The third-order valence-electron chi connectivity index (χ3n) is 6.74. The van der Waals surface area contributed by atoms with Crippen LogP contribution in [0.3, 0.4) is 0 Å². The molecule has 0 aliphatic carbocycles. The zero-order chi connectivity index (χ0) is 28.2. The van der Waals surface area contributed by atoms with Crippen LogP contribution in [0.1, 0.15) is 47.9 Å². The van der Waals surface area contributed by atoms with E-state index in [1.807, 2.05) is 84.1 Å². The highest BCUT2D eigenvalue weighted by Gasteiger charge is 2.37. The molecule has 206 valence electrons. The molecule has 2 atom stereocenters. The van der Waals surface area contributed by atoms with Gasteiger partial charge in [-0.05, 0) is 60.4 Å². The SMILES string of the molecule is CCCN1C(C=Cc2ccc(-n3cnc(C)c3)c(OC)c2)=NOC(c2ccccc2)[C@@H]1c1cc(F)c(F)c(F)c1. The Morgan fingerprint density at radius 1 is 0.975 bits per heavy atom. The lowest BCUT2D eigenvalue weighted by atomic mass is 9.93. The van der Waals surface area contributed by atoms with E-state index in [9.17, 15) is 13.2 Å². The van der Waals surface area contributed by atoms with Crippen LogP contribution in [-0.4, -0.2) is 33.9 Å². The van der Waals surface area contributed by atoms with Crippen molar-refractivity contribution in [2.75, 3.05) is 13.7 Å². The number of imidazole rings is 1. The number of methoxy groups -OCH3 is 1. The van der Waals surface area contributed by atoms with Gasteiger partial charge in [0.25, 0.3) is 0 Å². The molecule has 1 aliphatic rings. The van der Waals surface area contributed by atoms with Crippen molar-refractivity contribution in [3.8, 4) is 11.4 Å². The van der Waals surface area contributed by atoms with Gasteiger partial charge in [0.2, 0.25) is 0 Å². The number of amidine groups is 1. The molecule has 6 nitrogen and oxygen atoms in total. The summed E-state index contributed by atoms with van der Waals surface area (Å²) in [7, 11) is 1.60. The van der Waals surface area contributed by atoms with Gasteiger partial charge in [0.05, 0.1) is 30.9 Å². The van der Waals surface area contributed by atoms with Crippen molar-refractivity contribution in [2.24, 2.45) is 5.16 Å². The van der Waals surface area contributed by atoms with Gasteiger partial charge in [0.1, 0.15) is 5.75 Å². The molecule has 5 rings (SSSR count). The Morgan fingerprint density at radius 2 is 1.73 bits per heavy atom. The van der Waals surface area contributed by atoms with Crippen LogP contribution in [0, 0.1) is 24.4 Å². The Balaban J connectivity index is 1.53. The Labute approximate surface area is 231 Å². The van der Waals surface area contributed by atoms with Gasteiger partial charge in [-0.2, -0.15) is 0 Å². The van der Waals surface area contributed by atoms with E-state index in [0.29, 0.717) is 18.1 Å². The molecule has 0 spiro atoms. The van der Waals surface area contributed by atoms with Gasteiger partial charge in [-0.3, -0.25) is 0 Å². The smallest absolute Gasteiger partial charge is 0.194 e. The summed E-state index contributed by atoms with van der Waals surface area (Å²) < 4.78 is 50.2. The van der Waals surface area contributed by atoms with Crippen molar-refractivity contribution in [1.29, 1.82) is 0 Å². The summed E-state index contributed by atoms with van der Waals surface area (Å²) in [6.07, 6.45) is 7.34. The molecule has 1 aliphatic heterocycles. The molecular weight excluding hydrogens is 517 g/mol. The summed E-state index contributed by atoms with van der Waals surface area (Å²) in [5, 5.41) is 4.40. The fraction of sp³-hybridized carbons (Fsp3) is 0.226. The van der Waals surface area contributed by atoms with Gasteiger partial charge in [0.15, 0.2) is 29.4 Å².